The Hall–Kier alpha value is -2.76. The number of rotatable bonds is 3. The van der Waals surface area contributed by atoms with Crippen LogP contribution in [0.3, 0.4) is 0 Å². The van der Waals surface area contributed by atoms with Gasteiger partial charge in [0.15, 0.2) is 5.82 Å². The summed E-state index contributed by atoms with van der Waals surface area (Å²) in [6.45, 7) is 6.91. The maximum Gasteiger partial charge on any atom is 0.159 e. The third kappa shape index (κ3) is 3.41. The number of hydrogen-bond acceptors (Lipinski definition) is 4. The van der Waals surface area contributed by atoms with Crippen LogP contribution in [0, 0.1) is 13.8 Å². The minimum Gasteiger partial charge on any atom is -0.302 e. The average Bonchev–Trinajstić information content (AvgIpc) is 3.05. The summed E-state index contributed by atoms with van der Waals surface area (Å²) in [4.78, 5) is 16.7. The number of benzene rings is 1. The maximum atomic E-state index is 5.99. The Morgan fingerprint density at radius 1 is 1.07 bits per heavy atom. The normalized spacial score (nSPS) is 14.3. The second-order valence-electron chi connectivity index (χ2n) is 7.66. The highest BCUT2D eigenvalue weighted by molar-refractivity contribution is 6.30. The van der Waals surface area contributed by atoms with Gasteiger partial charge in [0.25, 0.3) is 0 Å². The molecular formula is C23H22ClN5. The molecule has 146 valence electrons. The Bertz CT molecular complexity index is 1200. The number of aromatic nitrogens is 4. The molecule has 0 bridgehead atoms. The van der Waals surface area contributed by atoms with Crippen molar-refractivity contribution in [2.75, 3.05) is 6.54 Å². The van der Waals surface area contributed by atoms with Gasteiger partial charge in [-0.15, -0.1) is 0 Å². The number of imidazole rings is 1. The first kappa shape index (κ1) is 18.3. The lowest BCUT2D eigenvalue weighted by Gasteiger charge is -2.28. The number of hydrogen-bond donors (Lipinski definition) is 0. The van der Waals surface area contributed by atoms with Crippen molar-refractivity contribution >= 4 is 17.2 Å². The monoisotopic (exact) mass is 403 g/mol. The van der Waals surface area contributed by atoms with Crippen LogP contribution >= 0.6 is 11.6 Å². The number of pyridine rings is 1. The summed E-state index contributed by atoms with van der Waals surface area (Å²) >= 11 is 5.99. The predicted octanol–water partition coefficient (Wildman–Crippen LogP) is 4.62. The highest BCUT2D eigenvalue weighted by Gasteiger charge is 2.21. The molecule has 0 spiro atoms. The molecule has 0 saturated heterocycles. The van der Waals surface area contributed by atoms with Crippen LogP contribution in [0.1, 0.15) is 28.2 Å². The number of aryl methyl sites for hydroxylation is 2. The van der Waals surface area contributed by atoms with Crippen molar-refractivity contribution in [3.63, 3.8) is 0 Å². The minimum absolute atomic E-state index is 0.722. The molecule has 0 atom stereocenters. The van der Waals surface area contributed by atoms with Gasteiger partial charge in [-0.2, -0.15) is 0 Å². The predicted molar refractivity (Wildman–Crippen MR) is 115 cm³/mol. The molecule has 3 aromatic heterocycles. The van der Waals surface area contributed by atoms with Gasteiger partial charge in [-0.1, -0.05) is 17.7 Å². The lowest BCUT2D eigenvalue weighted by Crippen LogP contribution is -2.31. The molecule has 0 fully saturated rings. The smallest absolute Gasteiger partial charge is 0.159 e. The van der Waals surface area contributed by atoms with Crippen LogP contribution in [-0.4, -0.2) is 30.8 Å². The molecule has 0 radical (unpaired) electrons. The summed E-state index contributed by atoms with van der Waals surface area (Å²) in [7, 11) is 0. The molecule has 5 rings (SSSR count). The van der Waals surface area contributed by atoms with E-state index in [1.807, 2.05) is 30.5 Å². The first-order chi connectivity index (χ1) is 14.1. The van der Waals surface area contributed by atoms with Crippen molar-refractivity contribution in [2.24, 2.45) is 0 Å². The van der Waals surface area contributed by atoms with Gasteiger partial charge < -0.3 is 4.40 Å². The van der Waals surface area contributed by atoms with Crippen LogP contribution in [0.2, 0.25) is 5.02 Å². The van der Waals surface area contributed by atoms with E-state index in [9.17, 15) is 0 Å². The van der Waals surface area contributed by atoms with Gasteiger partial charge in [0, 0.05) is 54.6 Å². The second kappa shape index (κ2) is 7.25. The van der Waals surface area contributed by atoms with Crippen molar-refractivity contribution < 1.29 is 0 Å². The minimum atomic E-state index is 0.722. The lowest BCUT2D eigenvalue weighted by atomic mass is 10.1. The van der Waals surface area contributed by atoms with Gasteiger partial charge in [0.05, 0.1) is 17.1 Å². The summed E-state index contributed by atoms with van der Waals surface area (Å²) in [5.41, 5.74) is 7.95. The first-order valence-corrected chi connectivity index (χ1v) is 10.2. The standard InChI is InChI=1S/C23H22ClN5/c1-15-4-3-10-29-21(16(2)26-23(15)29)14-28-11-9-20-18(13-28)12-25-22(27-20)17-5-7-19(24)8-6-17/h3-8,10,12H,9,11,13-14H2,1-2H3. The van der Waals surface area contributed by atoms with Gasteiger partial charge >= 0.3 is 0 Å². The summed E-state index contributed by atoms with van der Waals surface area (Å²) in [6, 6.07) is 11.9. The van der Waals surface area contributed by atoms with E-state index >= 15 is 0 Å². The molecule has 1 aliphatic heterocycles. The molecular weight excluding hydrogens is 382 g/mol. The topological polar surface area (TPSA) is 46.3 Å². The number of halogens is 1. The Kier molecular flexibility index (Phi) is 4.57. The molecule has 4 heterocycles. The third-order valence-electron chi connectivity index (χ3n) is 5.63. The van der Waals surface area contributed by atoms with E-state index in [1.54, 1.807) is 0 Å². The summed E-state index contributed by atoms with van der Waals surface area (Å²) in [5.74, 6) is 0.766. The van der Waals surface area contributed by atoms with Crippen LogP contribution in [0.4, 0.5) is 0 Å². The molecule has 0 unspecified atom stereocenters. The molecule has 29 heavy (non-hydrogen) atoms. The van der Waals surface area contributed by atoms with Gasteiger partial charge in [0.1, 0.15) is 5.65 Å². The Morgan fingerprint density at radius 2 is 1.90 bits per heavy atom. The quantitative estimate of drug-likeness (QED) is 0.500. The SMILES string of the molecule is Cc1nc2c(C)cccn2c1CN1CCc2nc(-c3ccc(Cl)cc3)ncc2C1. The van der Waals surface area contributed by atoms with Gasteiger partial charge in [-0.3, -0.25) is 4.90 Å². The van der Waals surface area contributed by atoms with Crippen LogP contribution < -0.4 is 0 Å². The van der Waals surface area contributed by atoms with Crippen molar-refractivity contribution in [1.82, 2.24) is 24.3 Å². The molecule has 0 amide bonds. The van der Waals surface area contributed by atoms with Crippen molar-refractivity contribution in [2.45, 2.75) is 33.4 Å². The van der Waals surface area contributed by atoms with Crippen LogP contribution in [-0.2, 0) is 19.5 Å². The lowest BCUT2D eigenvalue weighted by molar-refractivity contribution is 0.239. The van der Waals surface area contributed by atoms with E-state index in [0.29, 0.717) is 0 Å². The molecule has 6 heteroatoms. The van der Waals surface area contributed by atoms with E-state index in [-0.39, 0.29) is 0 Å². The zero-order valence-electron chi connectivity index (χ0n) is 16.6. The third-order valence-corrected chi connectivity index (χ3v) is 5.89. The molecule has 5 nitrogen and oxygen atoms in total. The first-order valence-electron chi connectivity index (χ1n) is 9.85. The van der Waals surface area contributed by atoms with E-state index in [4.69, 9.17) is 21.6 Å². The van der Waals surface area contributed by atoms with Crippen LogP contribution in [0.25, 0.3) is 17.0 Å². The Morgan fingerprint density at radius 3 is 2.72 bits per heavy atom. The zero-order chi connectivity index (χ0) is 20.0. The average molecular weight is 404 g/mol. The molecule has 1 aliphatic rings. The summed E-state index contributed by atoms with van der Waals surface area (Å²) in [6.07, 6.45) is 5.01. The summed E-state index contributed by atoms with van der Waals surface area (Å²) < 4.78 is 2.22. The second-order valence-corrected chi connectivity index (χ2v) is 8.10. The molecule has 1 aromatic carbocycles. The van der Waals surface area contributed by atoms with Gasteiger partial charge in [-0.25, -0.2) is 15.0 Å². The fraction of sp³-hybridized carbons (Fsp3) is 0.261. The van der Waals surface area contributed by atoms with Crippen molar-refractivity contribution in [3.8, 4) is 11.4 Å². The van der Waals surface area contributed by atoms with E-state index in [2.05, 4.69) is 46.5 Å². The Labute approximate surface area is 175 Å². The zero-order valence-corrected chi connectivity index (χ0v) is 17.3. The van der Waals surface area contributed by atoms with Crippen LogP contribution in [0.5, 0.6) is 0 Å². The van der Waals surface area contributed by atoms with Crippen molar-refractivity contribution in [1.29, 1.82) is 0 Å². The van der Waals surface area contributed by atoms with Gasteiger partial charge in [-0.05, 0) is 49.7 Å². The van der Waals surface area contributed by atoms with Crippen LogP contribution in [0.15, 0.2) is 48.8 Å². The maximum absolute atomic E-state index is 5.99. The molecule has 0 N–H and O–H groups in total. The Balaban J connectivity index is 1.39. The number of fused-ring (bicyclic) bond motifs is 2. The largest absolute Gasteiger partial charge is 0.302 e. The fourth-order valence-corrected chi connectivity index (χ4v) is 4.14. The summed E-state index contributed by atoms with van der Waals surface area (Å²) in [5, 5.41) is 0.722. The molecule has 0 aliphatic carbocycles. The fourth-order valence-electron chi connectivity index (χ4n) is 4.02. The molecule has 0 saturated carbocycles. The van der Waals surface area contributed by atoms with Crippen molar-refractivity contribution in [3.05, 3.63) is 82.0 Å². The van der Waals surface area contributed by atoms with E-state index < -0.39 is 0 Å². The number of nitrogens with zero attached hydrogens (tertiary/aromatic N) is 5. The van der Waals surface area contributed by atoms with E-state index in [1.165, 1.54) is 16.8 Å². The van der Waals surface area contributed by atoms with E-state index in [0.717, 1.165) is 59.5 Å². The highest BCUT2D eigenvalue weighted by atomic mass is 35.5. The van der Waals surface area contributed by atoms with Gasteiger partial charge in [0.2, 0.25) is 0 Å². The highest BCUT2D eigenvalue weighted by Crippen LogP contribution is 2.24. The molecule has 4 aromatic rings.